The van der Waals surface area contributed by atoms with E-state index in [4.69, 9.17) is 0 Å². The summed E-state index contributed by atoms with van der Waals surface area (Å²) in [5.41, 5.74) is 1.36. The van der Waals surface area contributed by atoms with Crippen molar-refractivity contribution in [2.45, 2.75) is 63.7 Å². The van der Waals surface area contributed by atoms with Crippen molar-refractivity contribution in [3.05, 3.63) is 35.9 Å². The fraction of sp³-hybridized carbons (Fsp3) is 0.667. The van der Waals surface area contributed by atoms with Crippen LogP contribution in [0.25, 0.3) is 0 Å². The van der Waals surface area contributed by atoms with E-state index in [1.807, 2.05) is 0 Å². The number of hydrogen-bond acceptors (Lipinski definition) is 3. The summed E-state index contributed by atoms with van der Waals surface area (Å²) in [5, 5.41) is 3.68. The third kappa shape index (κ3) is 4.06. The molecular formula is C21H31N3O. The molecule has 4 rings (SSSR count). The largest absolute Gasteiger partial charge is 0.337 e. The first-order chi connectivity index (χ1) is 12.2. The Kier molecular flexibility index (Phi) is 5.09. The molecule has 3 heterocycles. The summed E-state index contributed by atoms with van der Waals surface area (Å²) in [6, 6.07) is 12.3. The Bertz CT molecular complexity index is 578. The summed E-state index contributed by atoms with van der Waals surface area (Å²) in [6.07, 6.45) is 5.78. The van der Waals surface area contributed by atoms with Crippen molar-refractivity contribution in [3.63, 3.8) is 0 Å². The smallest absolute Gasteiger partial charge is 0.223 e. The molecule has 4 heteroatoms. The summed E-state index contributed by atoms with van der Waals surface area (Å²) in [7, 11) is 0. The Morgan fingerprint density at radius 3 is 2.52 bits per heavy atom. The second kappa shape index (κ2) is 7.46. The van der Waals surface area contributed by atoms with Gasteiger partial charge in [-0.05, 0) is 44.1 Å². The molecule has 3 saturated heterocycles. The summed E-state index contributed by atoms with van der Waals surface area (Å²) < 4.78 is 0. The third-order valence-electron chi connectivity index (χ3n) is 6.31. The van der Waals surface area contributed by atoms with Gasteiger partial charge in [0.15, 0.2) is 0 Å². The maximum Gasteiger partial charge on any atom is 0.223 e. The summed E-state index contributed by atoms with van der Waals surface area (Å²) in [4.78, 5) is 17.5. The number of piperidine rings is 1. The SMILES string of the molecule is CC1CN(Cc2ccccc2)CCN1C(=O)CC1CC2CCC(C1)N2. The minimum absolute atomic E-state index is 0.323. The molecular weight excluding hydrogens is 310 g/mol. The molecule has 3 unspecified atom stereocenters. The molecule has 0 aliphatic carbocycles. The lowest BCUT2D eigenvalue weighted by molar-refractivity contribution is -0.137. The van der Waals surface area contributed by atoms with Crippen LogP contribution >= 0.6 is 0 Å². The normalized spacial score (nSPS) is 32.8. The Morgan fingerprint density at radius 2 is 1.84 bits per heavy atom. The second-order valence-corrected chi connectivity index (χ2v) is 8.34. The first-order valence-electron chi connectivity index (χ1n) is 9.99. The van der Waals surface area contributed by atoms with Gasteiger partial charge in [0.05, 0.1) is 0 Å². The quantitative estimate of drug-likeness (QED) is 0.914. The van der Waals surface area contributed by atoms with Crippen molar-refractivity contribution in [1.29, 1.82) is 0 Å². The monoisotopic (exact) mass is 341 g/mol. The molecule has 3 atom stereocenters. The van der Waals surface area contributed by atoms with Crippen molar-refractivity contribution in [3.8, 4) is 0 Å². The zero-order chi connectivity index (χ0) is 17.2. The number of nitrogens with one attached hydrogen (secondary N) is 1. The van der Waals surface area contributed by atoms with Crippen LogP contribution in [0.5, 0.6) is 0 Å². The summed E-state index contributed by atoms with van der Waals surface area (Å²) >= 11 is 0. The van der Waals surface area contributed by atoms with Gasteiger partial charge < -0.3 is 10.2 Å². The number of rotatable bonds is 4. The van der Waals surface area contributed by atoms with Crippen molar-refractivity contribution >= 4 is 5.91 Å². The molecule has 2 bridgehead atoms. The molecule has 3 aliphatic heterocycles. The van der Waals surface area contributed by atoms with Crippen LogP contribution < -0.4 is 5.32 Å². The van der Waals surface area contributed by atoms with Crippen molar-refractivity contribution in [1.82, 2.24) is 15.1 Å². The first kappa shape index (κ1) is 17.0. The molecule has 0 saturated carbocycles. The van der Waals surface area contributed by atoms with E-state index in [0.717, 1.165) is 32.6 Å². The molecule has 3 fully saturated rings. The van der Waals surface area contributed by atoms with E-state index in [1.54, 1.807) is 0 Å². The molecule has 3 aliphatic rings. The van der Waals surface area contributed by atoms with E-state index in [9.17, 15) is 4.79 Å². The molecule has 0 radical (unpaired) electrons. The van der Waals surface area contributed by atoms with Crippen LogP contribution in [0.15, 0.2) is 30.3 Å². The van der Waals surface area contributed by atoms with Crippen molar-refractivity contribution in [2.24, 2.45) is 5.92 Å². The summed E-state index contributed by atoms with van der Waals surface area (Å²) in [6.45, 7) is 6.05. The number of hydrogen-bond donors (Lipinski definition) is 1. The molecule has 136 valence electrons. The summed E-state index contributed by atoms with van der Waals surface area (Å²) in [5.74, 6) is 0.985. The number of nitrogens with zero attached hydrogens (tertiary/aromatic N) is 2. The molecule has 25 heavy (non-hydrogen) atoms. The highest BCUT2D eigenvalue weighted by atomic mass is 16.2. The Balaban J connectivity index is 1.28. The van der Waals surface area contributed by atoms with E-state index in [1.165, 1.54) is 31.2 Å². The van der Waals surface area contributed by atoms with Gasteiger partial charge in [-0.15, -0.1) is 0 Å². The number of benzene rings is 1. The van der Waals surface area contributed by atoms with Crippen LogP contribution in [0, 0.1) is 5.92 Å². The predicted octanol–water partition coefficient (Wildman–Crippen LogP) is 2.64. The van der Waals surface area contributed by atoms with Gasteiger partial charge in [-0.3, -0.25) is 9.69 Å². The Morgan fingerprint density at radius 1 is 1.12 bits per heavy atom. The standard InChI is InChI=1S/C21H31N3O/c1-16-14-23(15-17-5-3-2-4-6-17)9-10-24(16)21(25)13-18-11-19-7-8-20(12-18)22-19/h2-6,16,18-20,22H,7-15H2,1H3. The highest BCUT2D eigenvalue weighted by Crippen LogP contribution is 2.33. The van der Waals surface area contributed by atoms with Crippen LogP contribution in [0.4, 0.5) is 0 Å². The van der Waals surface area contributed by atoms with E-state index in [0.29, 0.717) is 30.0 Å². The van der Waals surface area contributed by atoms with Gasteiger partial charge in [0.2, 0.25) is 5.91 Å². The van der Waals surface area contributed by atoms with Crippen molar-refractivity contribution in [2.75, 3.05) is 19.6 Å². The zero-order valence-corrected chi connectivity index (χ0v) is 15.4. The lowest BCUT2D eigenvalue weighted by Gasteiger charge is -2.41. The van der Waals surface area contributed by atoms with Gasteiger partial charge in [-0.1, -0.05) is 30.3 Å². The predicted molar refractivity (Wildman–Crippen MR) is 100 cm³/mol. The number of carbonyl (C=O) groups excluding carboxylic acids is 1. The van der Waals surface area contributed by atoms with Gasteiger partial charge in [-0.2, -0.15) is 0 Å². The first-order valence-corrected chi connectivity index (χ1v) is 9.99. The molecule has 1 N–H and O–H groups in total. The van der Waals surface area contributed by atoms with E-state index in [2.05, 4.69) is 52.4 Å². The maximum atomic E-state index is 12.9. The van der Waals surface area contributed by atoms with Gasteiger partial charge >= 0.3 is 0 Å². The minimum Gasteiger partial charge on any atom is -0.337 e. The van der Waals surface area contributed by atoms with E-state index < -0.39 is 0 Å². The fourth-order valence-electron chi connectivity index (χ4n) is 5.09. The molecule has 1 amide bonds. The lowest BCUT2D eigenvalue weighted by atomic mass is 9.89. The average Bonchev–Trinajstić information content (AvgIpc) is 2.94. The maximum absolute atomic E-state index is 12.9. The van der Waals surface area contributed by atoms with Gasteiger partial charge in [0, 0.05) is 50.7 Å². The number of piperazine rings is 1. The average molecular weight is 341 g/mol. The number of fused-ring (bicyclic) bond motifs is 2. The van der Waals surface area contributed by atoms with Crippen LogP contribution in [-0.2, 0) is 11.3 Å². The highest BCUT2D eigenvalue weighted by Gasteiger charge is 2.36. The topological polar surface area (TPSA) is 35.6 Å². The van der Waals surface area contributed by atoms with Gasteiger partial charge in [-0.25, -0.2) is 0 Å². The minimum atomic E-state index is 0.323. The Hall–Kier alpha value is -1.39. The van der Waals surface area contributed by atoms with Crippen LogP contribution in [0.2, 0.25) is 0 Å². The van der Waals surface area contributed by atoms with Crippen LogP contribution in [0.3, 0.4) is 0 Å². The molecule has 1 aromatic rings. The molecule has 0 spiro atoms. The zero-order valence-electron chi connectivity index (χ0n) is 15.4. The molecule has 0 aromatic heterocycles. The lowest BCUT2D eigenvalue weighted by Crippen LogP contribution is -2.54. The number of amides is 1. The van der Waals surface area contributed by atoms with E-state index in [-0.39, 0.29) is 0 Å². The third-order valence-corrected chi connectivity index (χ3v) is 6.31. The second-order valence-electron chi connectivity index (χ2n) is 8.34. The van der Waals surface area contributed by atoms with Gasteiger partial charge in [0.1, 0.15) is 0 Å². The highest BCUT2D eigenvalue weighted by molar-refractivity contribution is 5.77. The molecule has 1 aromatic carbocycles. The van der Waals surface area contributed by atoms with E-state index >= 15 is 0 Å². The van der Waals surface area contributed by atoms with Crippen molar-refractivity contribution < 1.29 is 4.79 Å². The Labute approximate surface area is 151 Å². The van der Waals surface area contributed by atoms with Crippen LogP contribution in [-0.4, -0.2) is 53.5 Å². The number of carbonyl (C=O) groups is 1. The van der Waals surface area contributed by atoms with Gasteiger partial charge in [0.25, 0.3) is 0 Å². The fourth-order valence-corrected chi connectivity index (χ4v) is 5.09. The molecule has 4 nitrogen and oxygen atoms in total. The van der Waals surface area contributed by atoms with Crippen LogP contribution in [0.1, 0.15) is 44.6 Å².